The molecule has 0 fully saturated rings. The van der Waals surface area contributed by atoms with Crippen LogP contribution in [0.25, 0.3) is 49.5 Å². The first-order valence-electron chi connectivity index (χ1n) is 9.44. The molecule has 6 rings (SSSR count). The molecular formula is C25H17N3. The van der Waals surface area contributed by atoms with Gasteiger partial charge in [0.05, 0.1) is 11.2 Å². The fourth-order valence-electron chi connectivity index (χ4n) is 4.40. The van der Waals surface area contributed by atoms with Gasteiger partial charge in [0.25, 0.3) is 0 Å². The lowest BCUT2D eigenvalue weighted by Gasteiger charge is -2.12. The molecule has 3 heterocycles. The molecule has 3 aromatic heterocycles. The molecule has 0 saturated carbocycles. The zero-order valence-electron chi connectivity index (χ0n) is 15.4. The average Bonchev–Trinajstić information content (AvgIpc) is 3.12. The summed E-state index contributed by atoms with van der Waals surface area (Å²) in [6.45, 7) is 2.18. The highest BCUT2D eigenvalue weighted by atomic mass is 15.0. The molecule has 0 N–H and O–H groups in total. The largest absolute Gasteiger partial charge is 0.292 e. The Morgan fingerprint density at radius 1 is 0.750 bits per heavy atom. The van der Waals surface area contributed by atoms with Crippen LogP contribution in [0.2, 0.25) is 0 Å². The fourth-order valence-corrected chi connectivity index (χ4v) is 4.40. The molecule has 0 saturated heterocycles. The first-order valence-corrected chi connectivity index (χ1v) is 9.44. The Morgan fingerprint density at radius 2 is 1.54 bits per heavy atom. The molecule has 0 aliphatic rings. The minimum Gasteiger partial charge on any atom is -0.292 e. The van der Waals surface area contributed by atoms with Crippen LogP contribution in [0.1, 0.15) is 5.56 Å². The minimum absolute atomic E-state index is 0.897. The van der Waals surface area contributed by atoms with E-state index < -0.39 is 0 Å². The third-order valence-electron chi connectivity index (χ3n) is 5.57. The van der Waals surface area contributed by atoms with Crippen LogP contribution in [0.5, 0.6) is 0 Å². The van der Waals surface area contributed by atoms with E-state index in [0.29, 0.717) is 0 Å². The number of hydrogen-bond donors (Lipinski definition) is 0. The Labute approximate surface area is 161 Å². The van der Waals surface area contributed by atoms with Crippen LogP contribution < -0.4 is 0 Å². The lowest BCUT2D eigenvalue weighted by atomic mass is 10.0. The van der Waals surface area contributed by atoms with Crippen LogP contribution in [-0.4, -0.2) is 14.4 Å². The van der Waals surface area contributed by atoms with Gasteiger partial charge in [-0.3, -0.25) is 9.38 Å². The monoisotopic (exact) mass is 359 g/mol. The van der Waals surface area contributed by atoms with E-state index in [9.17, 15) is 0 Å². The second kappa shape index (κ2) is 5.64. The first-order chi connectivity index (χ1) is 13.8. The van der Waals surface area contributed by atoms with Gasteiger partial charge in [0.2, 0.25) is 0 Å². The van der Waals surface area contributed by atoms with Gasteiger partial charge >= 0.3 is 0 Å². The Hall–Kier alpha value is -3.72. The predicted octanol–water partition coefficient (Wildman–Crippen LogP) is 6.16. The Kier molecular flexibility index (Phi) is 3.09. The third kappa shape index (κ3) is 1.99. The van der Waals surface area contributed by atoms with Crippen molar-refractivity contribution < 1.29 is 0 Å². The molecule has 0 atom stereocenters. The van der Waals surface area contributed by atoms with Crippen molar-refractivity contribution >= 4 is 38.2 Å². The third-order valence-corrected chi connectivity index (χ3v) is 5.57. The van der Waals surface area contributed by atoms with E-state index in [1.807, 2.05) is 6.07 Å². The summed E-state index contributed by atoms with van der Waals surface area (Å²) in [5.74, 6) is 0. The van der Waals surface area contributed by atoms with Gasteiger partial charge in [-0.05, 0) is 34.9 Å². The first kappa shape index (κ1) is 15.3. The molecule has 28 heavy (non-hydrogen) atoms. The van der Waals surface area contributed by atoms with E-state index in [1.165, 1.54) is 38.2 Å². The number of benzene rings is 3. The quantitative estimate of drug-likeness (QED) is 0.329. The maximum Gasteiger partial charge on any atom is 0.164 e. The molecule has 3 heteroatoms. The van der Waals surface area contributed by atoms with E-state index in [-0.39, 0.29) is 0 Å². The normalized spacial score (nSPS) is 11.8. The highest BCUT2D eigenvalue weighted by Crippen LogP contribution is 2.38. The summed E-state index contributed by atoms with van der Waals surface area (Å²) in [5, 5.41) is 4.83. The summed E-state index contributed by atoms with van der Waals surface area (Å²) in [6, 6.07) is 25.7. The van der Waals surface area contributed by atoms with Crippen LogP contribution in [0, 0.1) is 6.92 Å². The Bertz CT molecular complexity index is 1510. The second-order valence-electron chi connectivity index (χ2n) is 7.20. The van der Waals surface area contributed by atoms with E-state index in [4.69, 9.17) is 9.97 Å². The molecule has 3 nitrogen and oxygen atoms in total. The number of rotatable bonds is 1. The minimum atomic E-state index is 0.897. The molecule has 0 amide bonds. The van der Waals surface area contributed by atoms with Crippen LogP contribution in [-0.2, 0) is 0 Å². The molecule has 132 valence electrons. The maximum atomic E-state index is 4.77. The van der Waals surface area contributed by atoms with Crippen molar-refractivity contribution in [1.82, 2.24) is 14.4 Å². The van der Waals surface area contributed by atoms with Gasteiger partial charge in [-0.2, -0.15) is 0 Å². The summed E-state index contributed by atoms with van der Waals surface area (Å²) >= 11 is 0. The van der Waals surface area contributed by atoms with E-state index in [1.54, 1.807) is 12.4 Å². The standard InChI is InChI=1S/C25H17N3/c1-16-15-21(18-8-3-2-4-9-18)28-24(16)20-12-11-17-7-5-6-10-19(17)22(20)23-25(28)27-14-13-26-23/h2-15H,1H3. The maximum absolute atomic E-state index is 4.77. The number of hydrogen-bond acceptors (Lipinski definition) is 2. The van der Waals surface area contributed by atoms with E-state index >= 15 is 0 Å². The van der Waals surface area contributed by atoms with Gasteiger partial charge in [-0.1, -0.05) is 66.7 Å². The van der Waals surface area contributed by atoms with Crippen molar-refractivity contribution in [2.45, 2.75) is 6.92 Å². The zero-order chi connectivity index (χ0) is 18.7. The van der Waals surface area contributed by atoms with Crippen molar-refractivity contribution in [2.75, 3.05) is 0 Å². The van der Waals surface area contributed by atoms with Gasteiger partial charge < -0.3 is 0 Å². The zero-order valence-corrected chi connectivity index (χ0v) is 15.4. The van der Waals surface area contributed by atoms with Crippen LogP contribution in [0.15, 0.2) is 85.2 Å². The van der Waals surface area contributed by atoms with E-state index in [0.717, 1.165) is 16.9 Å². The molecule has 0 aliphatic heterocycles. The van der Waals surface area contributed by atoms with Crippen LogP contribution in [0.3, 0.4) is 0 Å². The fraction of sp³-hybridized carbons (Fsp3) is 0.0400. The summed E-state index contributed by atoms with van der Waals surface area (Å²) in [7, 11) is 0. The summed E-state index contributed by atoms with van der Waals surface area (Å²) in [5.41, 5.74) is 6.61. The summed E-state index contributed by atoms with van der Waals surface area (Å²) < 4.78 is 2.27. The van der Waals surface area contributed by atoms with Crippen LogP contribution in [0.4, 0.5) is 0 Å². The molecular weight excluding hydrogens is 342 g/mol. The SMILES string of the molecule is Cc1cc(-c2ccccc2)n2c3nccnc3c3c4ccccc4ccc3c12. The van der Waals surface area contributed by atoms with Crippen molar-refractivity contribution in [3.63, 3.8) is 0 Å². The highest BCUT2D eigenvalue weighted by Gasteiger charge is 2.18. The molecule has 0 bridgehead atoms. The molecule has 0 aliphatic carbocycles. The smallest absolute Gasteiger partial charge is 0.164 e. The van der Waals surface area contributed by atoms with Gasteiger partial charge in [0, 0.05) is 23.2 Å². The number of fused-ring (bicyclic) bond motifs is 8. The van der Waals surface area contributed by atoms with Crippen molar-refractivity contribution in [3.05, 3.63) is 90.8 Å². The number of nitrogens with zero attached hydrogens (tertiary/aromatic N) is 3. The van der Waals surface area contributed by atoms with Gasteiger partial charge in [-0.15, -0.1) is 0 Å². The number of aryl methyl sites for hydroxylation is 1. The van der Waals surface area contributed by atoms with Gasteiger partial charge in [-0.25, -0.2) is 4.98 Å². The molecule has 0 radical (unpaired) electrons. The summed E-state index contributed by atoms with van der Waals surface area (Å²) in [4.78, 5) is 9.54. The Balaban J connectivity index is 1.94. The molecule has 3 aromatic carbocycles. The number of pyridine rings is 1. The summed E-state index contributed by atoms with van der Waals surface area (Å²) in [6.07, 6.45) is 3.57. The molecule has 0 spiro atoms. The second-order valence-corrected chi connectivity index (χ2v) is 7.20. The lowest BCUT2D eigenvalue weighted by Crippen LogP contribution is -1.97. The van der Waals surface area contributed by atoms with Crippen molar-refractivity contribution in [3.8, 4) is 11.3 Å². The Morgan fingerprint density at radius 3 is 2.43 bits per heavy atom. The van der Waals surface area contributed by atoms with Crippen LogP contribution >= 0.6 is 0 Å². The van der Waals surface area contributed by atoms with Crippen molar-refractivity contribution in [1.29, 1.82) is 0 Å². The van der Waals surface area contributed by atoms with E-state index in [2.05, 4.69) is 78.1 Å². The average molecular weight is 359 g/mol. The lowest BCUT2D eigenvalue weighted by molar-refractivity contribution is 1.18. The molecule has 0 unspecified atom stereocenters. The van der Waals surface area contributed by atoms with Gasteiger partial charge in [0.1, 0.15) is 5.52 Å². The topological polar surface area (TPSA) is 30.2 Å². The predicted molar refractivity (Wildman–Crippen MR) is 116 cm³/mol. The van der Waals surface area contributed by atoms with Gasteiger partial charge in [0.15, 0.2) is 5.65 Å². The van der Waals surface area contributed by atoms with Crippen molar-refractivity contribution in [2.24, 2.45) is 0 Å². The molecule has 6 aromatic rings. The highest BCUT2D eigenvalue weighted by molar-refractivity contribution is 6.22. The number of aromatic nitrogens is 3.